The summed E-state index contributed by atoms with van der Waals surface area (Å²) in [6.45, 7) is 15.3. The third kappa shape index (κ3) is 3.14. The largest absolute Gasteiger partial charge is 0.378 e. The predicted octanol–water partition coefficient (Wildman–Crippen LogP) is 1.80. The minimum Gasteiger partial charge on any atom is -0.378 e. The van der Waals surface area contributed by atoms with Gasteiger partial charge in [-0.1, -0.05) is 6.58 Å². The van der Waals surface area contributed by atoms with Crippen molar-refractivity contribution in [2.45, 2.75) is 39.4 Å². The third-order valence-electron chi connectivity index (χ3n) is 4.46. The molecule has 0 bridgehead atoms. The summed E-state index contributed by atoms with van der Waals surface area (Å²) in [5.74, 6) is 0. The summed E-state index contributed by atoms with van der Waals surface area (Å²) in [5.41, 5.74) is 3.37. The van der Waals surface area contributed by atoms with Gasteiger partial charge in [0.2, 0.25) is 0 Å². The maximum Gasteiger partial charge on any atom is 0.108 e. The molecular weight excluding hydrogens is 264 g/mol. The van der Waals surface area contributed by atoms with Crippen LogP contribution in [0.5, 0.6) is 0 Å². The number of hydrogen-bond donors (Lipinski definition) is 0. The second-order valence-corrected chi connectivity index (χ2v) is 6.21. The quantitative estimate of drug-likeness (QED) is 0.850. The molecule has 5 nitrogen and oxygen atoms in total. The van der Waals surface area contributed by atoms with Gasteiger partial charge < -0.3 is 9.64 Å². The van der Waals surface area contributed by atoms with Gasteiger partial charge in [-0.25, -0.2) is 0 Å². The van der Waals surface area contributed by atoms with Crippen molar-refractivity contribution in [2.75, 3.05) is 32.8 Å². The van der Waals surface area contributed by atoms with Gasteiger partial charge in [0, 0.05) is 38.8 Å². The fourth-order valence-electron chi connectivity index (χ4n) is 3.06. The van der Waals surface area contributed by atoms with Crippen LogP contribution in [0.3, 0.4) is 0 Å². The average molecular weight is 290 g/mol. The van der Waals surface area contributed by atoms with E-state index < -0.39 is 0 Å². The maximum absolute atomic E-state index is 5.41. The second kappa shape index (κ2) is 6.20. The summed E-state index contributed by atoms with van der Waals surface area (Å²) in [6, 6.07) is 2.80. The van der Waals surface area contributed by atoms with Crippen LogP contribution >= 0.6 is 0 Å². The van der Waals surface area contributed by atoms with Gasteiger partial charge in [-0.05, 0) is 26.3 Å². The van der Waals surface area contributed by atoms with Crippen molar-refractivity contribution < 1.29 is 4.74 Å². The monoisotopic (exact) mass is 290 g/mol. The van der Waals surface area contributed by atoms with Gasteiger partial charge in [0.05, 0.1) is 24.6 Å². The molecule has 0 saturated carbocycles. The SMILES string of the molecule is C=C(c1cc2n(n1)CCCN(C(C)C)C2)N1CCOCC1. The lowest BCUT2D eigenvalue weighted by Crippen LogP contribution is -2.34. The summed E-state index contributed by atoms with van der Waals surface area (Å²) in [7, 11) is 0. The van der Waals surface area contributed by atoms with Crippen LogP contribution in [-0.2, 0) is 17.8 Å². The average Bonchev–Trinajstić information content (AvgIpc) is 2.79. The van der Waals surface area contributed by atoms with E-state index >= 15 is 0 Å². The molecule has 1 fully saturated rings. The lowest BCUT2D eigenvalue weighted by molar-refractivity contribution is 0.0639. The van der Waals surface area contributed by atoms with Gasteiger partial charge in [-0.3, -0.25) is 9.58 Å². The molecule has 3 rings (SSSR count). The normalized spacial score (nSPS) is 20.4. The molecular formula is C16H26N4O. The lowest BCUT2D eigenvalue weighted by Gasteiger charge is -2.29. The Morgan fingerprint density at radius 1 is 1.24 bits per heavy atom. The van der Waals surface area contributed by atoms with Crippen LogP contribution in [0, 0.1) is 0 Å². The zero-order chi connectivity index (χ0) is 14.8. The number of rotatable bonds is 3. The van der Waals surface area contributed by atoms with Crippen molar-refractivity contribution in [1.29, 1.82) is 0 Å². The fraction of sp³-hybridized carbons (Fsp3) is 0.688. The van der Waals surface area contributed by atoms with Crippen molar-refractivity contribution in [1.82, 2.24) is 19.6 Å². The van der Waals surface area contributed by atoms with E-state index in [4.69, 9.17) is 9.84 Å². The molecule has 1 aromatic rings. The fourth-order valence-corrected chi connectivity index (χ4v) is 3.06. The Balaban J connectivity index is 1.77. The molecule has 21 heavy (non-hydrogen) atoms. The maximum atomic E-state index is 5.41. The smallest absolute Gasteiger partial charge is 0.108 e. The first-order valence-corrected chi connectivity index (χ1v) is 7.98. The van der Waals surface area contributed by atoms with Crippen LogP contribution in [0.1, 0.15) is 31.7 Å². The number of ether oxygens (including phenoxy) is 1. The summed E-state index contributed by atoms with van der Waals surface area (Å²) < 4.78 is 7.58. The van der Waals surface area contributed by atoms with Crippen LogP contribution in [0.4, 0.5) is 0 Å². The number of nitrogens with zero attached hydrogens (tertiary/aromatic N) is 4. The van der Waals surface area contributed by atoms with Crippen molar-refractivity contribution in [3.05, 3.63) is 24.0 Å². The number of aromatic nitrogens is 2. The summed E-state index contributed by atoms with van der Waals surface area (Å²) >= 11 is 0. The minimum atomic E-state index is 0.581. The van der Waals surface area contributed by atoms with Crippen molar-refractivity contribution >= 4 is 5.70 Å². The van der Waals surface area contributed by atoms with Gasteiger partial charge in [0.25, 0.3) is 0 Å². The topological polar surface area (TPSA) is 33.5 Å². The Labute approximate surface area is 127 Å². The Morgan fingerprint density at radius 2 is 2.00 bits per heavy atom. The Morgan fingerprint density at radius 3 is 2.71 bits per heavy atom. The van der Waals surface area contributed by atoms with E-state index in [1.165, 1.54) is 5.69 Å². The van der Waals surface area contributed by atoms with Crippen LogP contribution in [0.25, 0.3) is 5.70 Å². The highest BCUT2D eigenvalue weighted by Crippen LogP contribution is 2.22. The first-order chi connectivity index (χ1) is 10.1. The van der Waals surface area contributed by atoms with E-state index in [-0.39, 0.29) is 0 Å². The van der Waals surface area contributed by atoms with Gasteiger partial charge in [-0.15, -0.1) is 0 Å². The van der Waals surface area contributed by atoms with E-state index in [1.54, 1.807) is 0 Å². The van der Waals surface area contributed by atoms with E-state index in [9.17, 15) is 0 Å². The number of fused-ring (bicyclic) bond motifs is 1. The predicted molar refractivity (Wildman–Crippen MR) is 83.8 cm³/mol. The molecule has 0 radical (unpaired) electrons. The van der Waals surface area contributed by atoms with E-state index in [0.717, 1.165) is 63.7 Å². The Hall–Kier alpha value is -1.33. The summed E-state index contributed by atoms with van der Waals surface area (Å²) in [4.78, 5) is 4.80. The number of morpholine rings is 1. The highest BCUT2D eigenvalue weighted by atomic mass is 16.5. The van der Waals surface area contributed by atoms with Crippen LogP contribution < -0.4 is 0 Å². The molecule has 5 heteroatoms. The molecule has 1 saturated heterocycles. The Kier molecular flexibility index (Phi) is 4.31. The molecule has 2 aliphatic heterocycles. The Bertz CT molecular complexity index is 502. The van der Waals surface area contributed by atoms with Crippen molar-refractivity contribution in [2.24, 2.45) is 0 Å². The second-order valence-electron chi connectivity index (χ2n) is 6.21. The molecule has 116 valence electrons. The minimum absolute atomic E-state index is 0.581. The third-order valence-corrected chi connectivity index (χ3v) is 4.46. The lowest BCUT2D eigenvalue weighted by atomic mass is 10.2. The first kappa shape index (κ1) is 14.6. The highest BCUT2D eigenvalue weighted by Gasteiger charge is 2.21. The molecule has 0 spiro atoms. The van der Waals surface area contributed by atoms with Crippen molar-refractivity contribution in [3.63, 3.8) is 0 Å². The first-order valence-electron chi connectivity index (χ1n) is 7.98. The number of hydrogen-bond acceptors (Lipinski definition) is 4. The molecule has 0 aliphatic carbocycles. The van der Waals surface area contributed by atoms with Gasteiger partial charge in [-0.2, -0.15) is 5.10 Å². The summed E-state index contributed by atoms with van der Waals surface area (Å²) in [6.07, 6.45) is 1.16. The molecule has 0 amide bonds. The zero-order valence-corrected chi connectivity index (χ0v) is 13.2. The highest BCUT2D eigenvalue weighted by molar-refractivity contribution is 5.58. The zero-order valence-electron chi connectivity index (χ0n) is 13.2. The summed E-state index contributed by atoms with van der Waals surface area (Å²) in [5, 5.41) is 4.79. The molecule has 1 aromatic heterocycles. The standard InChI is InChI=1S/C16H26N4O/c1-13(2)19-5-4-6-20-15(12-19)11-16(17-20)14(3)18-7-9-21-10-8-18/h11,13H,3-10,12H2,1-2H3. The van der Waals surface area contributed by atoms with E-state index in [0.29, 0.717) is 6.04 Å². The van der Waals surface area contributed by atoms with Crippen LogP contribution in [0.2, 0.25) is 0 Å². The number of aryl methyl sites for hydroxylation is 1. The van der Waals surface area contributed by atoms with Crippen molar-refractivity contribution in [3.8, 4) is 0 Å². The molecule has 0 unspecified atom stereocenters. The molecule has 0 atom stereocenters. The van der Waals surface area contributed by atoms with Crippen LogP contribution in [-0.4, -0.2) is 58.5 Å². The molecule has 3 heterocycles. The molecule has 2 aliphatic rings. The van der Waals surface area contributed by atoms with Gasteiger partial charge in [0.15, 0.2) is 0 Å². The molecule has 0 aromatic carbocycles. The van der Waals surface area contributed by atoms with Gasteiger partial charge >= 0.3 is 0 Å². The van der Waals surface area contributed by atoms with Gasteiger partial charge in [0.1, 0.15) is 5.69 Å². The molecule has 0 N–H and O–H groups in total. The van der Waals surface area contributed by atoms with Crippen LogP contribution in [0.15, 0.2) is 12.6 Å². The van der Waals surface area contributed by atoms with E-state index in [2.05, 4.69) is 41.0 Å². The van der Waals surface area contributed by atoms with E-state index in [1.807, 2.05) is 0 Å².